The van der Waals surface area contributed by atoms with Gasteiger partial charge in [-0.1, -0.05) is 125 Å². The zero-order valence-corrected chi connectivity index (χ0v) is 26.9. The van der Waals surface area contributed by atoms with Crippen LogP contribution in [0.3, 0.4) is 0 Å². The Hall–Kier alpha value is -5.10. The van der Waals surface area contributed by atoms with Crippen LogP contribution in [0.1, 0.15) is 0 Å². The molecular formula is C42H25BN2S2. The molecule has 0 N–H and O–H groups in total. The van der Waals surface area contributed by atoms with E-state index in [0.29, 0.717) is 0 Å². The van der Waals surface area contributed by atoms with E-state index in [9.17, 15) is 0 Å². The highest BCUT2D eigenvalue weighted by Gasteiger charge is 2.38. The fraction of sp³-hybridized carbons (Fsp3) is 0. The Morgan fingerprint density at radius 1 is 0.362 bits per heavy atom. The van der Waals surface area contributed by atoms with Gasteiger partial charge in [0.1, 0.15) is 0 Å². The fourth-order valence-corrected chi connectivity index (χ4v) is 10.6. The lowest BCUT2D eigenvalue weighted by Gasteiger charge is -2.33. The molecule has 0 fully saturated rings. The Balaban J connectivity index is 1.16. The summed E-state index contributed by atoms with van der Waals surface area (Å²) in [6, 6.07) is 56.2. The molecule has 5 heteroatoms. The van der Waals surface area contributed by atoms with E-state index in [1.807, 2.05) is 23.5 Å². The van der Waals surface area contributed by atoms with E-state index in [-0.39, 0.29) is 6.71 Å². The highest BCUT2D eigenvalue weighted by atomic mass is 32.2. The maximum Gasteiger partial charge on any atom is 0.247 e. The van der Waals surface area contributed by atoms with E-state index in [1.165, 1.54) is 91.0 Å². The summed E-state index contributed by atoms with van der Waals surface area (Å²) < 4.78 is 4.90. The predicted octanol–water partition coefficient (Wildman–Crippen LogP) is 9.33. The summed E-state index contributed by atoms with van der Waals surface area (Å²) >= 11 is 3.84. The minimum atomic E-state index is 0.260. The average Bonchev–Trinajstić information content (AvgIpc) is 3.64. The second-order valence-corrected chi connectivity index (χ2v) is 14.7. The zero-order chi connectivity index (χ0) is 30.6. The Morgan fingerprint density at radius 3 is 1.38 bits per heavy atom. The van der Waals surface area contributed by atoms with Crippen LogP contribution in [-0.2, 0) is 0 Å². The van der Waals surface area contributed by atoms with Crippen LogP contribution in [0.5, 0.6) is 0 Å². The second kappa shape index (κ2) is 9.71. The molecule has 2 aliphatic rings. The van der Waals surface area contributed by atoms with Crippen molar-refractivity contribution < 1.29 is 0 Å². The first-order valence-electron chi connectivity index (χ1n) is 16.1. The van der Waals surface area contributed by atoms with E-state index < -0.39 is 0 Å². The minimum Gasteiger partial charge on any atom is -0.309 e. The third kappa shape index (κ3) is 3.61. The van der Waals surface area contributed by atoms with Crippen molar-refractivity contribution >= 4 is 90.2 Å². The molecule has 0 radical (unpaired) electrons. The van der Waals surface area contributed by atoms with Crippen molar-refractivity contribution in [2.24, 2.45) is 0 Å². The summed E-state index contributed by atoms with van der Waals surface area (Å²) in [5, 5.41) is 5.10. The van der Waals surface area contributed by atoms with E-state index in [0.717, 1.165) is 0 Å². The Bertz CT molecular complexity index is 2650. The molecule has 0 saturated carbocycles. The molecule has 0 saturated heterocycles. The Morgan fingerprint density at radius 2 is 0.809 bits per heavy atom. The van der Waals surface area contributed by atoms with Crippen molar-refractivity contribution in [3.8, 4) is 11.4 Å². The van der Waals surface area contributed by atoms with Crippen LogP contribution in [0.25, 0.3) is 55.0 Å². The van der Waals surface area contributed by atoms with Crippen molar-refractivity contribution in [2.45, 2.75) is 19.6 Å². The van der Waals surface area contributed by atoms with Gasteiger partial charge in [-0.15, -0.1) is 0 Å². The maximum absolute atomic E-state index is 2.48. The van der Waals surface area contributed by atoms with Crippen LogP contribution in [0.2, 0.25) is 0 Å². The molecule has 218 valence electrons. The number of nitrogens with zero attached hydrogens (tertiary/aromatic N) is 2. The van der Waals surface area contributed by atoms with Gasteiger partial charge in [0.15, 0.2) is 0 Å². The first kappa shape index (κ1) is 26.0. The summed E-state index contributed by atoms with van der Waals surface area (Å²) in [7, 11) is 0. The van der Waals surface area contributed by atoms with Gasteiger partial charge in [0.05, 0.1) is 22.1 Å². The molecule has 0 unspecified atom stereocenters. The van der Waals surface area contributed by atoms with Gasteiger partial charge in [0.2, 0.25) is 6.71 Å². The molecule has 4 heterocycles. The van der Waals surface area contributed by atoms with Gasteiger partial charge in [-0.25, -0.2) is 0 Å². The van der Waals surface area contributed by atoms with Crippen molar-refractivity contribution in [1.82, 2.24) is 9.13 Å². The number of para-hydroxylation sites is 3. The SMILES string of the molecule is c1ccc2c(c1)Sc1cc(-n3c4ccccc4c4cc(-n5c6ccccc6c6ccccc65)ccc43)cc3c1B2c1ccccc1S3. The third-order valence-electron chi connectivity index (χ3n) is 10.0. The monoisotopic (exact) mass is 632 g/mol. The summed E-state index contributed by atoms with van der Waals surface area (Å²) in [6.07, 6.45) is 0. The minimum absolute atomic E-state index is 0.260. The van der Waals surface area contributed by atoms with E-state index >= 15 is 0 Å². The number of rotatable bonds is 2. The summed E-state index contributed by atoms with van der Waals surface area (Å²) in [5.41, 5.74) is 11.6. The molecule has 2 nitrogen and oxygen atoms in total. The summed E-state index contributed by atoms with van der Waals surface area (Å²) in [5.74, 6) is 0. The van der Waals surface area contributed by atoms with Crippen molar-refractivity contribution in [1.29, 1.82) is 0 Å². The van der Waals surface area contributed by atoms with Gasteiger partial charge < -0.3 is 9.13 Å². The number of hydrogen-bond acceptors (Lipinski definition) is 2. The smallest absolute Gasteiger partial charge is 0.247 e. The van der Waals surface area contributed by atoms with Gasteiger partial charge in [-0.3, -0.25) is 0 Å². The number of benzene rings is 7. The predicted molar refractivity (Wildman–Crippen MR) is 201 cm³/mol. The molecule has 2 aromatic heterocycles. The highest BCUT2D eigenvalue weighted by molar-refractivity contribution is 8.01. The number of hydrogen-bond donors (Lipinski definition) is 0. The molecule has 0 atom stereocenters. The normalized spacial score (nSPS) is 13.3. The molecule has 0 amide bonds. The lowest BCUT2D eigenvalue weighted by atomic mass is 9.36. The van der Waals surface area contributed by atoms with Crippen LogP contribution >= 0.6 is 23.5 Å². The molecular weight excluding hydrogens is 607 g/mol. The molecule has 7 aromatic carbocycles. The van der Waals surface area contributed by atoms with Gasteiger partial charge in [0, 0.05) is 52.5 Å². The lowest BCUT2D eigenvalue weighted by Crippen LogP contribution is -2.58. The summed E-state index contributed by atoms with van der Waals surface area (Å²) in [6.45, 7) is 0.260. The first-order chi connectivity index (χ1) is 23.3. The van der Waals surface area contributed by atoms with E-state index in [1.54, 1.807) is 0 Å². The quantitative estimate of drug-likeness (QED) is 0.176. The number of aromatic nitrogens is 2. The van der Waals surface area contributed by atoms with Crippen molar-refractivity contribution in [3.63, 3.8) is 0 Å². The van der Waals surface area contributed by atoms with Gasteiger partial charge in [0.25, 0.3) is 0 Å². The molecule has 0 bridgehead atoms. The fourth-order valence-electron chi connectivity index (χ4n) is 8.09. The van der Waals surface area contributed by atoms with Gasteiger partial charge in [-0.05, 0) is 66.1 Å². The highest BCUT2D eigenvalue weighted by Crippen LogP contribution is 2.42. The molecule has 0 aliphatic carbocycles. The van der Waals surface area contributed by atoms with Gasteiger partial charge >= 0.3 is 0 Å². The van der Waals surface area contributed by atoms with E-state index in [2.05, 4.69) is 161 Å². The van der Waals surface area contributed by atoms with Crippen molar-refractivity contribution in [2.75, 3.05) is 0 Å². The largest absolute Gasteiger partial charge is 0.309 e. The molecule has 2 aliphatic heterocycles. The molecule has 9 aromatic rings. The molecule has 47 heavy (non-hydrogen) atoms. The van der Waals surface area contributed by atoms with E-state index in [4.69, 9.17) is 0 Å². The van der Waals surface area contributed by atoms with Crippen molar-refractivity contribution in [3.05, 3.63) is 152 Å². The molecule has 11 rings (SSSR count). The number of fused-ring (bicyclic) bond motifs is 10. The van der Waals surface area contributed by atoms with Crippen LogP contribution in [0.4, 0.5) is 0 Å². The van der Waals surface area contributed by atoms with Crippen LogP contribution < -0.4 is 16.4 Å². The Labute approximate surface area is 280 Å². The van der Waals surface area contributed by atoms with Crippen LogP contribution in [-0.4, -0.2) is 15.8 Å². The second-order valence-electron chi connectivity index (χ2n) is 12.5. The standard InChI is InChI=1S/C42H25BN2S2/c1-6-16-34-28(11-1)29-12-2-7-17-35(29)44(34)26-21-22-37-31(23-26)30-13-3-8-18-36(30)45(37)27-24-40-42-41(25-27)47-39-20-10-5-15-33(39)43(42)32-14-4-9-19-38(32)46-40/h1-25H. The average molecular weight is 633 g/mol. The topological polar surface area (TPSA) is 9.86 Å². The summed E-state index contributed by atoms with van der Waals surface area (Å²) in [4.78, 5) is 5.42. The third-order valence-corrected chi connectivity index (χ3v) is 12.3. The van der Waals surface area contributed by atoms with Crippen LogP contribution in [0.15, 0.2) is 171 Å². The zero-order valence-electron chi connectivity index (χ0n) is 25.2. The first-order valence-corrected chi connectivity index (χ1v) is 17.7. The van der Waals surface area contributed by atoms with Gasteiger partial charge in [-0.2, -0.15) is 0 Å². The lowest BCUT2D eigenvalue weighted by molar-refractivity contribution is 1.14. The maximum atomic E-state index is 2.48. The molecule has 0 spiro atoms. The Kier molecular flexibility index (Phi) is 5.38. The van der Waals surface area contributed by atoms with Crippen LogP contribution in [0, 0.1) is 0 Å².